The molecular formula is C17H31NO5. The first-order valence-corrected chi connectivity index (χ1v) is 8.15. The summed E-state index contributed by atoms with van der Waals surface area (Å²) in [6.45, 7) is 11.4. The van der Waals surface area contributed by atoms with Gasteiger partial charge in [0, 0.05) is 23.9 Å². The lowest BCUT2D eigenvalue weighted by atomic mass is 9.81. The van der Waals surface area contributed by atoms with Crippen LogP contribution in [0.3, 0.4) is 0 Å². The van der Waals surface area contributed by atoms with Crippen molar-refractivity contribution in [2.24, 2.45) is 0 Å². The zero-order chi connectivity index (χ0) is 17.9. The third-order valence-corrected chi connectivity index (χ3v) is 3.57. The molecule has 1 aliphatic heterocycles. The lowest BCUT2D eigenvalue weighted by Crippen LogP contribution is -2.59. The van der Waals surface area contributed by atoms with Gasteiger partial charge in [-0.1, -0.05) is 0 Å². The lowest BCUT2D eigenvalue weighted by molar-refractivity contribution is -0.158. The van der Waals surface area contributed by atoms with Gasteiger partial charge in [-0.15, -0.1) is 0 Å². The molecule has 0 saturated carbocycles. The molecule has 1 saturated heterocycles. The van der Waals surface area contributed by atoms with Crippen molar-refractivity contribution in [2.45, 2.75) is 90.0 Å². The monoisotopic (exact) mass is 329 g/mol. The van der Waals surface area contributed by atoms with E-state index in [1.54, 1.807) is 13.8 Å². The Bertz CT molecular complexity index is 421. The molecule has 1 aliphatic rings. The molecule has 23 heavy (non-hydrogen) atoms. The number of carbonyl (C=O) groups is 2. The second kappa shape index (κ2) is 7.18. The van der Waals surface area contributed by atoms with Crippen LogP contribution in [-0.2, 0) is 19.1 Å². The third kappa shape index (κ3) is 8.32. The summed E-state index contributed by atoms with van der Waals surface area (Å²) < 4.78 is 10.4. The van der Waals surface area contributed by atoms with Gasteiger partial charge in [-0.2, -0.15) is 0 Å². The van der Waals surface area contributed by atoms with Crippen molar-refractivity contribution in [3.63, 3.8) is 0 Å². The quantitative estimate of drug-likeness (QED) is 0.724. The standard InChI is InChI=1S/C17H31NO5/c1-15(2)9-12(10-16(3,4)18-15)23-14(20)8-7-13(19)22-11-17(5,6)21/h12,18,21H,7-11H2,1-6H3. The number of ether oxygens (including phenoxy) is 2. The molecule has 6 heteroatoms. The number of carbonyl (C=O) groups excluding carboxylic acids is 2. The van der Waals surface area contributed by atoms with Gasteiger partial charge >= 0.3 is 11.9 Å². The Labute approximate surface area is 138 Å². The summed E-state index contributed by atoms with van der Waals surface area (Å²) in [4.78, 5) is 23.5. The molecule has 1 heterocycles. The van der Waals surface area contributed by atoms with Crippen molar-refractivity contribution in [1.82, 2.24) is 5.32 Å². The van der Waals surface area contributed by atoms with Crippen molar-refractivity contribution >= 4 is 11.9 Å². The first kappa shape index (κ1) is 19.9. The maximum absolute atomic E-state index is 11.9. The highest BCUT2D eigenvalue weighted by molar-refractivity contribution is 5.77. The first-order chi connectivity index (χ1) is 10.3. The van der Waals surface area contributed by atoms with E-state index in [1.165, 1.54) is 0 Å². The molecule has 1 rings (SSSR count). The second-order valence-corrected chi connectivity index (χ2v) is 8.39. The van der Waals surface area contributed by atoms with Gasteiger partial charge in [-0.3, -0.25) is 9.59 Å². The summed E-state index contributed by atoms with van der Waals surface area (Å²) >= 11 is 0. The average Bonchev–Trinajstić information content (AvgIpc) is 2.28. The molecule has 2 N–H and O–H groups in total. The van der Waals surface area contributed by atoms with Gasteiger partial charge in [0.1, 0.15) is 12.7 Å². The van der Waals surface area contributed by atoms with Crippen LogP contribution in [0.25, 0.3) is 0 Å². The fourth-order valence-electron chi connectivity index (χ4n) is 3.09. The van der Waals surface area contributed by atoms with Crippen LogP contribution in [0.15, 0.2) is 0 Å². The summed E-state index contributed by atoms with van der Waals surface area (Å²) in [5.41, 5.74) is -1.26. The largest absolute Gasteiger partial charge is 0.463 e. The Balaban J connectivity index is 2.37. The number of nitrogens with one attached hydrogen (secondary N) is 1. The van der Waals surface area contributed by atoms with Crippen LogP contribution in [0.1, 0.15) is 67.2 Å². The van der Waals surface area contributed by atoms with E-state index in [1.807, 2.05) is 0 Å². The van der Waals surface area contributed by atoms with Gasteiger partial charge in [0.25, 0.3) is 0 Å². The Hall–Kier alpha value is -1.14. The van der Waals surface area contributed by atoms with Crippen molar-refractivity contribution in [3.8, 4) is 0 Å². The molecular weight excluding hydrogens is 298 g/mol. The molecule has 0 aromatic heterocycles. The van der Waals surface area contributed by atoms with E-state index in [2.05, 4.69) is 33.0 Å². The summed E-state index contributed by atoms with van der Waals surface area (Å²) in [7, 11) is 0. The maximum Gasteiger partial charge on any atom is 0.306 e. The fourth-order valence-corrected chi connectivity index (χ4v) is 3.09. The van der Waals surface area contributed by atoms with Crippen LogP contribution in [0, 0.1) is 0 Å². The van der Waals surface area contributed by atoms with E-state index in [0.29, 0.717) is 0 Å². The van der Waals surface area contributed by atoms with Crippen molar-refractivity contribution in [2.75, 3.05) is 6.61 Å². The smallest absolute Gasteiger partial charge is 0.306 e. The summed E-state index contributed by atoms with van der Waals surface area (Å²) in [5.74, 6) is -0.890. The third-order valence-electron chi connectivity index (χ3n) is 3.57. The number of piperidine rings is 1. The van der Waals surface area contributed by atoms with Gasteiger partial charge in [-0.25, -0.2) is 0 Å². The van der Waals surface area contributed by atoms with Crippen LogP contribution < -0.4 is 5.32 Å². The molecule has 0 aliphatic carbocycles. The predicted molar refractivity (Wildman–Crippen MR) is 86.9 cm³/mol. The predicted octanol–water partition coefficient (Wildman–Crippen LogP) is 1.93. The molecule has 1 fully saturated rings. The Morgan fingerprint density at radius 1 is 1.09 bits per heavy atom. The van der Waals surface area contributed by atoms with Crippen LogP contribution in [0.2, 0.25) is 0 Å². The molecule has 0 bridgehead atoms. The van der Waals surface area contributed by atoms with Gasteiger partial charge in [0.15, 0.2) is 0 Å². The molecule has 0 amide bonds. The Kier molecular flexibility index (Phi) is 6.21. The van der Waals surface area contributed by atoms with Gasteiger partial charge in [-0.05, 0) is 41.5 Å². The minimum atomic E-state index is -1.07. The molecule has 0 aromatic rings. The van der Waals surface area contributed by atoms with Crippen LogP contribution in [0.5, 0.6) is 0 Å². The average molecular weight is 329 g/mol. The SMILES string of the molecule is CC(C)(O)COC(=O)CCC(=O)OC1CC(C)(C)NC(C)(C)C1. The highest BCUT2D eigenvalue weighted by Gasteiger charge is 2.39. The van der Waals surface area contributed by atoms with E-state index < -0.39 is 11.6 Å². The van der Waals surface area contributed by atoms with Crippen LogP contribution >= 0.6 is 0 Å². The molecule has 0 atom stereocenters. The topological polar surface area (TPSA) is 84.9 Å². The lowest BCUT2D eigenvalue weighted by Gasteiger charge is -2.45. The molecule has 0 spiro atoms. The van der Waals surface area contributed by atoms with Gasteiger partial charge in [0.2, 0.25) is 0 Å². The van der Waals surface area contributed by atoms with Crippen LogP contribution in [-0.4, -0.2) is 46.4 Å². The Morgan fingerprint density at radius 2 is 1.57 bits per heavy atom. The van der Waals surface area contributed by atoms with E-state index >= 15 is 0 Å². The van der Waals surface area contributed by atoms with Crippen LogP contribution in [0.4, 0.5) is 0 Å². The van der Waals surface area contributed by atoms with E-state index in [-0.39, 0.29) is 42.6 Å². The molecule has 0 aromatic carbocycles. The zero-order valence-corrected chi connectivity index (χ0v) is 15.2. The molecule has 0 unspecified atom stereocenters. The van der Waals surface area contributed by atoms with Gasteiger partial charge < -0.3 is 19.9 Å². The summed E-state index contributed by atoms with van der Waals surface area (Å²) in [6.07, 6.45) is 1.29. The first-order valence-electron chi connectivity index (χ1n) is 8.15. The summed E-state index contributed by atoms with van der Waals surface area (Å²) in [5, 5.41) is 13.0. The minimum Gasteiger partial charge on any atom is -0.463 e. The van der Waals surface area contributed by atoms with Crippen molar-refractivity contribution < 1.29 is 24.2 Å². The Morgan fingerprint density at radius 3 is 2.04 bits per heavy atom. The minimum absolute atomic E-state index is 0.00449. The van der Waals surface area contributed by atoms with E-state index in [9.17, 15) is 14.7 Å². The molecule has 0 radical (unpaired) electrons. The van der Waals surface area contributed by atoms with E-state index in [4.69, 9.17) is 9.47 Å². The highest BCUT2D eigenvalue weighted by Crippen LogP contribution is 2.30. The number of esters is 2. The van der Waals surface area contributed by atoms with Crippen molar-refractivity contribution in [3.05, 3.63) is 0 Å². The van der Waals surface area contributed by atoms with Crippen molar-refractivity contribution in [1.29, 1.82) is 0 Å². The van der Waals surface area contributed by atoms with Gasteiger partial charge in [0.05, 0.1) is 18.4 Å². The zero-order valence-electron chi connectivity index (χ0n) is 15.2. The van der Waals surface area contributed by atoms with E-state index in [0.717, 1.165) is 12.8 Å². The number of rotatable bonds is 6. The number of hydrogen-bond donors (Lipinski definition) is 2. The maximum atomic E-state index is 11.9. The number of hydrogen-bond acceptors (Lipinski definition) is 6. The molecule has 6 nitrogen and oxygen atoms in total. The fraction of sp³-hybridized carbons (Fsp3) is 0.882. The summed E-state index contributed by atoms with van der Waals surface area (Å²) in [6, 6.07) is 0. The molecule has 134 valence electrons. The highest BCUT2D eigenvalue weighted by atomic mass is 16.6. The second-order valence-electron chi connectivity index (χ2n) is 8.39. The normalized spacial score (nSPS) is 20.8. The number of aliphatic hydroxyl groups is 1.